The second-order valence-electron chi connectivity index (χ2n) is 4.40. The summed E-state index contributed by atoms with van der Waals surface area (Å²) in [6.07, 6.45) is 2.65. The fourth-order valence-electron chi connectivity index (χ4n) is 1.98. The van der Waals surface area contributed by atoms with Gasteiger partial charge in [-0.25, -0.2) is 0 Å². The number of fused-ring (bicyclic) bond motifs is 1. The van der Waals surface area contributed by atoms with Gasteiger partial charge in [-0.15, -0.1) is 5.10 Å². The number of rotatable bonds is 3. The molecule has 5 nitrogen and oxygen atoms in total. The van der Waals surface area contributed by atoms with Crippen LogP contribution in [0.3, 0.4) is 0 Å². The predicted octanol–water partition coefficient (Wildman–Crippen LogP) is 2.87. The van der Waals surface area contributed by atoms with Crippen LogP contribution in [0, 0.1) is 0 Å². The van der Waals surface area contributed by atoms with Crippen LogP contribution in [0.15, 0.2) is 24.4 Å². The molecule has 0 bridgehead atoms. The molecule has 1 aliphatic heterocycles. The van der Waals surface area contributed by atoms with E-state index in [9.17, 15) is 0 Å². The van der Waals surface area contributed by atoms with E-state index in [2.05, 4.69) is 27.9 Å². The smallest absolute Gasteiger partial charge is 0.161 e. The maximum Gasteiger partial charge on any atom is 0.161 e. The number of nitrogens with zero attached hydrogens (tertiary/aromatic N) is 2. The van der Waals surface area contributed by atoms with E-state index in [1.54, 1.807) is 6.20 Å². The fourth-order valence-corrected chi connectivity index (χ4v) is 2.48. The second-order valence-corrected chi connectivity index (χ2v) is 5.19. The summed E-state index contributed by atoms with van der Waals surface area (Å²) in [4.78, 5) is 0. The third kappa shape index (κ3) is 2.78. The molecule has 6 heteroatoms. The van der Waals surface area contributed by atoms with Gasteiger partial charge >= 0.3 is 0 Å². The Kier molecular flexibility index (Phi) is 3.50. The average molecular weight is 277 g/mol. The van der Waals surface area contributed by atoms with E-state index < -0.39 is 0 Å². The van der Waals surface area contributed by atoms with Crippen LogP contribution in [0.5, 0.6) is 11.5 Å². The molecule has 2 aromatic rings. The zero-order chi connectivity index (χ0) is 13.1. The molecule has 1 unspecified atom stereocenters. The van der Waals surface area contributed by atoms with Gasteiger partial charge in [-0.1, -0.05) is 10.6 Å². The lowest BCUT2D eigenvalue weighted by Gasteiger charge is -2.15. The van der Waals surface area contributed by atoms with Crippen molar-refractivity contribution in [2.75, 3.05) is 18.5 Å². The standard InChI is InChI=1S/C13H15N3O2S/c1-9(15-13-8-14-16-19-13)10-3-4-11-12(7-10)18-6-2-5-17-11/h3-4,7-9,15H,2,5-6H2,1H3. The zero-order valence-electron chi connectivity index (χ0n) is 10.6. The third-order valence-corrected chi connectivity index (χ3v) is 3.59. The molecule has 1 aliphatic rings. The molecule has 1 aromatic heterocycles. The lowest BCUT2D eigenvalue weighted by molar-refractivity contribution is 0.297. The molecule has 2 heterocycles. The van der Waals surface area contributed by atoms with Gasteiger partial charge < -0.3 is 14.8 Å². The molecule has 3 rings (SSSR count). The normalized spacial score (nSPS) is 15.6. The van der Waals surface area contributed by atoms with E-state index in [1.165, 1.54) is 11.5 Å². The Morgan fingerprint density at radius 1 is 1.26 bits per heavy atom. The molecule has 1 atom stereocenters. The van der Waals surface area contributed by atoms with Crippen LogP contribution in [0.1, 0.15) is 24.9 Å². The topological polar surface area (TPSA) is 56.3 Å². The summed E-state index contributed by atoms with van der Waals surface area (Å²) in [6.45, 7) is 3.52. The molecule has 0 saturated heterocycles. The van der Waals surface area contributed by atoms with Crippen LogP contribution in [0.25, 0.3) is 0 Å². The highest BCUT2D eigenvalue weighted by Crippen LogP contribution is 2.33. The van der Waals surface area contributed by atoms with E-state index in [-0.39, 0.29) is 6.04 Å². The van der Waals surface area contributed by atoms with Crippen molar-refractivity contribution in [3.8, 4) is 11.5 Å². The summed E-state index contributed by atoms with van der Waals surface area (Å²) >= 11 is 1.35. The van der Waals surface area contributed by atoms with Crippen LogP contribution in [0.2, 0.25) is 0 Å². The Morgan fingerprint density at radius 3 is 2.89 bits per heavy atom. The largest absolute Gasteiger partial charge is 0.490 e. The van der Waals surface area contributed by atoms with Crippen molar-refractivity contribution in [3.63, 3.8) is 0 Å². The van der Waals surface area contributed by atoms with Gasteiger partial charge in [0.1, 0.15) is 5.00 Å². The van der Waals surface area contributed by atoms with E-state index >= 15 is 0 Å². The summed E-state index contributed by atoms with van der Waals surface area (Å²) in [5.41, 5.74) is 1.15. The van der Waals surface area contributed by atoms with Crippen LogP contribution in [-0.2, 0) is 0 Å². The summed E-state index contributed by atoms with van der Waals surface area (Å²) in [5.74, 6) is 1.65. The van der Waals surface area contributed by atoms with E-state index in [4.69, 9.17) is 9.47 Å². The van der Waals surface area contributed by atoms with Crippen LogP contribution in [0.4, 0.5) is 5.00 Å². The Hall–Kier alpha value is -1.82. The maximum atomic E-state index is 5.70. The molecule has 0 fully saturated rings. The molecular weight excluding hydrogens is 262 g/mol. The number of hydrogen-bond donors (Lipinski definition) is 1. The van der Waals surface area contributed by atoms with Gasteiger partial charge in [0.05, 0.1) is 19.4 Å². The fraction of sp³-hybridized carbons (Fsp3) is 0.385. The number of aromatic nitrogens is 2. The minimum Gasteiger partial charge on any atom is -0.490 e. The molecule has 0 spiro atoms. The Labute approximate surface area is 115 Å². The monoisotopic (exact) mass is 277 g/mol. The van der Waals surface area contributed by atoms with Crippen LogP contribution < -0.4 is 14.8 Å². The van der Waals surface area contributed by atoms with Gasteiger partial charge in [-0.2, -0.15) is 0 Å². The summed E-state index contributed by atoms with van der Waals surface area (Å²) in [5, 5.41) is 8.13. The number of hydrogen-bond acceptors (Lipinski definition) is 6. The number of ether oxygens (including phenoxy) is 2. The van der Waals surface area contributed by atoms with Gasteiger partial charge in [0, 0.05) is 24.0 Å². The molecule has 0 saturated carbocycles. The highest BCUT2D eigenvalue weighted by molar-refractivity contribution is 7.09. The van der Waals surface area contributed by atoms with Crippen molar-refractivity contribution in [3.05, 3.63) is 30.0 Å². The number of benzene rings is 1. The van der Waals surface area contributed by atoms with Crippen LogP contribution in [-0.4, -0.2) is 22.8 Å². The second kappa shape index (κ2) is 5.44. The van der Waals surface area contributed by atoms with Gasteiger partial charge in [0.25, 0.3) is 0 Å². The molecule has 19 heavy (non-hydrogen) atoms. The van der Waals surface area contributed by atoms with Crippen molar-refractivity contribution in [2.24, 2.45) is 0 Å². The van der Waals surface area contributed by atoms with E-state index in [0.29, 0.717) is 13.2 Å². The quantitative estimate of drug-likeness (QED) is 0.935. The summed E-state index contributed by atoms with van der Waals surface area (Å²) in [6, 6.07) is 6.23. The van der Waals surface area contributed by atoms with Gasteiger partial charge in [0.15, 0.2) is 11.5 Å². The first-order valence-corrected chi connectivity index (χ1v) is 7.04. The van der Waals surface area contributed by atoms with Crippen molar-refractivity contribution in [1.82, 2.24) is 9.59 Å². The minimum atomic E-state index is 0.166. The SMILES string of the molecule is CC(Nc1cnns1)c1ccc2c(c1)OCCCO2. The van der Waals surface area contributed by atoms with Gasteiger partial charge in [-0.05, 0) is 24.6 Å². The molecule has 0 radical (unpaired) electrons. The molecule has 1 N–H and O–H groups in total. The highest BCUT2D eigenvalue weighted by Gasteiger charge is 2.14. The lowest BCUT2D eigenvalue weighted by atomic mass is 10.1. The van der Waals surface area contributed by atoms with Crippen molar-refractivity contribution >= 4 is 16.5 Å². The molecule has 1 aromatic carbocycles. The first-order valence-electron chi connectivity index (χ1n) is 6.26. The van der Waals surface area contributed by atoms with Crippen molar-refractivity contribution in [1.29, 1.82) is 0 Å². The lowest BCUT2D eigenvalue weighted by Crippen LogP contribution is -2.06. The number of nitrogens with one attached hydrogen (secondary N) is 1. The molecule has 0 amide bonds. The van der Waals surface area contributed by atoms with Crippen LogP contribution >= 0.6 is 11.5 Å². The first kappa shape index (κ1) is 12.2. The molecule has 0 aliphatic carbocycles. The maximum absolute atomic E-state index is 5.70. The minimum absolute atomic E-state index is 0.166. The number of anilines is 1. The molecular formula is C13H15N3O2S. The first-order chi connectivity index (χ1) is 9.33. The Bertz CT molecular complexity index is 545. The van der Waals surface area contributed by atoms with E-state index in [1.807, 2.05) is 12.1 Å². The van der Waals surface area contributed by atoms with Gasteiger partial charge in [-0.3, -0.25) is 0 Å². The zero-order valence-corrected chi connectivity index (χ0v) is 11.4. The predicted molar refractivity (Wildman–Crippen MR) is 74.0 cm³/mol. The summed E-state index contributed by atoms with van der Waals surface area (Å²) in [7, 11) is 0. The van der Waals surface area contributed by atoms with Crippen molar-refractivity contribution in [2.45, 2.75) is 19.4 Å². The van der Waals surface area contributed by atoms with Gasteiger partial charge in [0.2, 0.25) is 0 Å². The average Bonchev–Trinajstić information content (AvgIpc) is 2.81. The Morgan fingerprint density at radius 2 is 2.11 bits per heavy atom. The summed E-state index contributed by atoms with van der Waals surface area (Å²) < 4.78 is 15.2. The highest BCUT2D eigenvalue weighted by atomic mass is 32.1. The van der Waals surface area contributed by atoms with E-state index in [0.717, 1.165) is 28.5 Å². The molecule has 100 valence electrons. The Balaban J connectivity index is 1.79. The third-order valence-electron chi connectivity index (χ3n) is 2.99. The van der Waals surface area contributed by atoms with Crippen molar-refractivity contribution < 1.29 is 9.47 Å².